The Morgan fingerprint density at radius 1 is 1.40 bits per heavy atom. The average Bonchev–Trinajstić information content (AvgIpc) is 2.58. The van der Waals surface area contributed by atoms with Crippen molar-refractivity contribution < 1.29 is 24.6 Å². The van der Waals surface area contributed by atoms with Gasteiger partial charge in [-0.05, 0) is 30.2 Å². The highest BCUT2D eigenvalue weighted by atomic mass is 32.2. The number of carboxylic acid groups (broad SMARTS) is 1. The lowest BCUT2D eigenvalue weighted by Gasteiger charge is -2.50. The minimum atomic E-state index is -1.40. The number of phenols is 1. The topological polar surface area (TPSA) is 136 Å². The van der Waals surface area contributed by atoms with Crippen LogP contribution in [-0.2, 0) is 14.4 Å². The lowest BCUT2D eigenvalue weighted by atomic mass is 10.0. The SMILES string of the molecule is CC1=C(C(=O)[O-])N2C(=O)C(NC(=O)C(N)c3ccc(O)cc3)C2SC1. The van der Waals surface area contributed by atoms with E-state index < -0.39 is 35.2 Å². The standard InChI is InChI=1S/C16H17N3O5S/c1-7-6-25-15-11(14(22)19(15)12(7)16(23)24)18-13(21)10(17)8-2-4-9(20)5-3-8/h2-5,10-11,15,20H,6,17H2,1H3,(H,18,21)(H,23,24)/p-1. The molecule has 25 heavy (non-hydrogen) atoms. The van der Waals surface area contributed by atoms with Crippen LogP contribution in [0.5, 0.6) is 5.75 Å². The van der Waals surface area contributed by atoms with Crippen molar-refractivity contribution in [3.8, 4) is 5.75 Å². The molecule has 2 heterocycles. The molecule has 2 aliphatic heterocycles. The van der Waals surface area contributed by atoms with Crippen LogP contribution in [-0.4, -0.2) is 45.0 Å². The molecular formula is C16H16N3O5S-. The number of aliphatic carboxylic acids is 1. The molecule has 0 bridgehead atoms. The number of rotatable bonds is 4. The van der Waals surface area contributed by atoms with Gasteiger partial charge >= 0.3 is 0 Å². The Bertz CT molecular complexity index is 776. The van der Waals surface area contributed by atoms with Crippen molar-refractivity contribution in [2.45, 2.75) is 24.4 Å². The normalized spacial score (nSPS) is 23.6. The Morgan fingerprint density at radius 3 is 2.64 bits per heavy atom. The summed E-state index contributed by atoms with van der Waals surface area (Å²) in [5.41, 5.74) is 6.81. The first-order valence-electron chi connectivity index (χ1n) is 7.52. The largest absolute Gasteiger partial charge is 0.543 e. The summed E-state index contributed by atoms with van der Waals surface area (Å²) < 4.78 is 0. The predicted octanol–water partition coefficient (Wildman–Crippen LogP) is -1.18. The Kier molecular flexibility index (Phi) is 4.44. The van der Waals surface area contributed by atoms with E-state index in [4.69, 9.17) is 5.73 Å². The first-order valence-corrected chi connectivity index (χ1v) is 8.56. The number of aromatic hydroxyl groups is 1. The number of benzene rings is 1. The fourth-order valence-electron chi connectivity index (χ4n) is 2.84. The molecule has 8 nitrogen and oxygen atoms in total. The van der Waals surface area contributed by atoms with E-state index in [0.717, 1.165) is 4.90 Å². The molecule has 0 aromatic heterocycles. The number of hydrogen-bond acceptors (Lipinski definition) is 7. The summed E-state index contributed by atoms with van der Waals surface area (Å²) in [7, 11) is 0. The molecule has 1 fully saturated rings. The summed E-state index contributed by atoms with van der Waals surface area (Å²) in [5.74, 6) is -1.96. The van der Waals surface area contributed by atoms with Crippen molar-refractivity contribution in [3.05, 3.63) is 41.1 Å². The molecule has 3 unspecified atom stereocenters. The molecule has 2 aliphatic rings. The Labute approximate surface area is 147 Å². The minimum Gasteiger partial charge on any atom is -0.543 e. The van der Waals surface area contributed by atoms with Crippen LogP contribution in [0.2, 0.25) is 0 Å². The van der Waals surface area contributed by atoms with Gasteiger partial charge in [-0.1, -0.05) is 12.1 Å². The average molecular weight is 362 g/mol. The lowest BCUT2D eigenvalue weighted by Crippen LogP contribution is -2.71. The maximum atomic E-state index is 12.3. The van der Waals surface area contributed by atoms with Gasteiger partial charge in [0, 0.05) is 5.75 Å². The first kappa shape index (κ1) is 17.3. The molecule has 1 saturated heterocycles. The Hall–Kier alpha value is -2.52. The van der Waals surface area contributed by atoms with E-state index in [1.165, 1.54) is 36.0 Å². The highest BCUT2D eigenvalue weighted by Crippen LogP contribution is 2.39. The van der Waals surface area contributed by atoms with Crippen LogP contribution >= 0.6 is 11.8 Å². The maximum Gasteiger partial charge on any atom is 0.253 e. The van der Waals surface area contributed by atoms with E-state index in [9.17, 15) is 24.6 Å². The molecule has 2 amide bonds. The zero-order valence-corrected chi connectivity index (χ0v) is 14.1. The summed E-state index contributed by atoms with van der Waals surface area (Å²) in [6, 6.07) is 4.02. The summed E-state index contributed by atoms with van der Waals surface area (Å²) in [4.78, 5) is 37.0. The Morgan fingerprint density at radius 2 is 2.04 bits per heavy atom. The number of carbonyl (C=O) groups excluding carboxylic acids is 3. The number of carbonyl (C=O) groups is 3. The van der Waals surface area contributed by atoms with Gasteiger partial charge in [-0.15, -0.1) is 11.8 Å². The number of β-lactam (4-membered cyclic amide) rings is 1. The quantitative estimate of drug-likeness (QED) is 0.573. The molecule has 9 heteroatoms. The molecule has 1 aromatic rings. The van der Waals surface area contributed by atoms with E-state index in [-0.39, 0.29) is 11.4 Å². The van der Waals surface area contributed by atoms with Gasteiger partial charge in [-0.2, -0.15) is 0 Å². The van der Waals surface area contributed by atoms with Gasteiger partial charge in [0.2, 0.25) is 5.91 Å². The number of nitrogens with two attached hydrogens (primary N) is 1. The molecule has 3 atom stereocenters. The monoisotopic (exact) mass is 362 g/mol. The Balaban J connectivity index is 1.71. The molecule has 0 aliphatic carbocycles. The number of fused-ring (bicyclic) bond motifs is 1. The van der Waals surface area contributed by atoms with E-state index in [0.29, 0.717) is 16.9 Å². The molecule has 3 rings (SSSR count). The fraction of sp³-hybridized carbons (Fsp3) is 0.312. The zero-order valence-electron chi connectivity index (χ0n) is 13.3. The van der Waals surface area contributed by atoms with Crippen LogP contribution in [0.25, 0.3) is 0 Å². The van der Waals surface area contributed by atoms with Crippen LogP contribution in [0.4, 0.5) is 0 Å². The third-order valence-electron chi connectivity index (χ3n) is 4.18. The van der Waals surface area contributed by atoms with Crippen LogP contribution in [0.15, 0.2) is 35.5 Å². The number of carboxylic acids is 1. The number of amides is 2. The van der Waals surface area contributed by atoms with Crippen molar-refractivity contribution in [1.29, 1.82) is 0 Å². The summed E-state index contributed by atoms with van der Waals surface area (Å²) in [6.45, 7) is 1.63. The fourth-order valence-corrected chi connectivity index (χ4v) is 4.13. The summed E-state index contributed by atoms with van der Waals surface area (Å²) in [6.07, 6.45) is 0. The molecule has 1 aromatic carbocycles. The third kappa shape index (κ3) is 2.96. The highest BCUT2D eigenvalue weighted by molar-refractivity contribution is 8.00. The number of phenolic OH excluding ortho intramolecular Hbond substituents is 1. The zero-order chi connectivity index (χ0) is 18.3. The highest BCUT2D eigenvalue weighted by Gasteiger charge is 2.52. The molecule has 4 N–H and O–H groups in total. The van der Waals surface area contributed by atoms with E-state index in [1.54, 1.807) is 6.92 Å². The van der Waals surface area contributed by atoms with Gasteiger partial charge in [-0.25, -0.2) is 0 Å². The first-order chi connectivity index (χ1) is 11.8. The number of hydrogen-bond donors (Lipinski definition) is 3. The van der Waals surface area contributed by atoms with Gasteiger partial charge in [-0.3, -0.25) is 14.5 Å². The van der Waals surface area contributed by atoms with Gasteiger partial charge in [0.15, 0.2) is 0 Å². The number of nitrogens with zero attached hydrogens (tertiary/aromatic N) is 1. The molecule has 0 radical (unpaired) electrons. The number of thioether (sulfide) groups is 1. The molecular weight excluding hydrogens is 346 g/mol. The van der Waals surface area contributed by atoms with Crippen molar-refractivity contribution in [2.24, 2.45) is 5.73 Å². The second kappa shape index (κ2) is 6.41. The smallest absolute Gasteiger partial charge is 0.253 e. The van der Waals surface area contributed by atoms with Crippen LogP contribution in [0, 0.1) is 0 Å². The lowest BCUT2D eigenvalue weighted by molar-refractivity contribution is -0.301. The van der Waals surface area contributed by atoms with Crippen molar-refractivity contribution in [2.75, 3.05) is 5.75 Å². The molecule has 0 saturated carbocycles. The van der Waals surface area contributed by atoms with Crippen LogP contribution in [0.3, 0.4) is 0 Å². The van der Waals surface area contributed by atoms with Crippen molar-refractivity contribution >= 4 is 29.5 Å². The predicted molar refractivity (Wildman–Crippen MR) is 87.8 cm³/mol. The second-order valence-corrected chi connectivity index (χ2v) is 6.99. The van der Waals surface area contributed by atoms with Crippen LogP contribution in [0.1, 0.15) is 18.5 Å². The van der Waals surface area contributed by atoms with Crippen molar-refractivity contribution in [3.63, 3.8) is 0 Å². The summed E-state index contributed by atoms with van der Waals surface area (Å²) >= 11 is 1.37. The molecule has 0 spiro atoms. The maximum absolute atomic E-state index is 12.3. The van der Waals surface area contributed by atoms with Crippen LogP contribution < -0.4 is 16.2 Å². The van der Waals surface area contributed by atoms with Gasteiger partial charge < -0.3 is 26.1 Å². The minimum absolute atomic E-state index is 0.0525. The third-order valence-corrected chi connectivity index (χ3v) is 5.61. The van der Waals surface area contributed by atoms with E-state index in [2.05, 4.69) is 5.32 Å². The second-order valence-electron chi connectivity index (χ2n) is 5.88. The number of nitrogens with one attached hydrogen (secondary N) is 1. The van der Waals surface area contributed by atoms with Gasteiger partial charge in [0.1, 0.15) is 23.2 Å². The van der Waals surface area contributed by atoms with Crippen molar-refractivity contribution in [1.82, 2.24) is 10.2 Å². The van der Waals surface area contributed by atoms with Gasteiger partial charge in [0.25, 0.3) is 5.91 Å². The van der Waals surface area contributed by atoms with Gasteiger partial charge in [0.05, 0.1) is 11.7 Å². The molecule has 132 valence electrons. The summed E-state index contributed by atoms with van der Waals surface area (Å²) in [5, 5.41) is 22.6. The van der Waals surface area contributed by atoms with E-state index in [1.807, 2.05) is 0 Å². The van der Waals surface area contributed by atoms with E-state index >= 15 is 0 Å².